The first-order chi connectivity index (χ1) is 15.9. The zero-order valence-electron chi connectivity index (χ0n) is 16.6. The molecule has 0 heterocycles. The van der Waals surface area contributed by atoms with Gasteiger partial charge in [-0.05, 0) is 24.3 Å². The number of phenols is 7. The van der Waals surface area contributed by atoms with Gasteiger partial charge in [0.25, 0.3) is 0 Å². The zero-order chi connectivity index (χ0) is 25.3. The van der Waals surface area contributed by atoms with Crippen LogP contribution in [0.2, 0.25) is 0 Å². The Labute approximate surface area is 188 Å². The maximum Gasteiger partial charge on any atom is 0.343 e. The van der Waals surface area contributed by atoms with Crippen molar-refractivity contribution in [1.29, 1.82) is 0 Å². The number of carboxylic acid groups (broad SMARTS) is 1. The zero-order valence-corrected chi connectivity index (χ0v) is 16.6. The van der Waals surface area contributed by atoms with Gasteiger partial charge in [0.15, 0.2) is 40.2 Å². The van der Waals surface area contributed by atoms with Crippen molar-refractivity contribution in [3.8, 4) is 51.7 Å². The van der Waals surface area contributed by atoms with Gasteiger partial charge in [-0.3, -0.25) is 0 Å². The number of phenolic OH excluding ortho intramolecular Hbond substituents is 7. The molecule has 34 heavy (non-hydrogen) atoms. The fraction of sp³-hybridized carbons (Fsp3) is 0. The number of hydrogen-bond donors (Lipinski definition) is 8. The SMILES string of the molecule is O=C(Oc1cc(O)c(O)cc1C(=O)O)c1cc(O)c(O)c(OC(=O)c2cc(O)c(O)c(O)c2)c1. The summed E-state index contributed by atoms with van der Waals surface area (Å²) in [6.07, 6.45) is 0. The van der Waals surface area contributed by atoms with Gasteiger partial charge in [-0.1, -0.05) is 0 Å². The summed E-state index contributed by atoms with van der Waals surface area (Å²) in [7, 11) is 0. The first-order valence-electron chi connectivity index (χ1n) is 8.93. The molecule has 0 spiro atoms. The summed E-state index contributed by atoms with van der Waals surface area (Å²) < 4.78 is 9.77. The van der Waals surface area contributed by atoms with Crippen LogP contribution in [0.3, 0.4) is 0 Å². The van der Waals surface area contributed by atoms with E-state index in [2.05, 4.69) is 0 Å². The summed E-state index contributed by atoms with van der Waals surface area (Å²) in [5.41, 5.74) is -1.71. The molecule has 0 aliphatic carbocycles. The molecule has 0 fully saturated rings. The quantitative estimate of drug-likeness (QED) is 0.150. The van der Waals surface area contributed by atoms with Crippen LogP contribution in [0.4, 0.5) is 0 Å². The van der Waals surface area contributed by atoms with Gasteiger partial charge in [-0.25, -0.2) is 14.4 Å². The number of aromatic hydroxyl groups is 7. The topological polar surface area (TPSA) is 232 Å². The maximum atomic E-state index is 12.5. The van der Waals surface area contributed by atoms with Crippen LogP contribution in [0.25, 0.3) is 0 Å². The van der Waals surface area contributed by atoms with Gasteiger partial charge in [-0.15, -0.1) is 0 Å². The third kappa shape index (κ3) is 4.47. The van der Waals surface area contributed by atoms with Gasteiger partial charge in [0.1, 0.15) is 11.3 Å². The number of ether oxygens (including phenoxy) is 2. The van der Waals surface area contributed by atoms with Crippen LogP contribution in [-0.2, 0) is 0 Å². The highest BCUT2D eigenvalue weighted by atomic mass is 16.5. The van der Waals surface area contributed by atoms with Crippen LogP contribution >= 0.6 is 0 Å². The van der Waals surface area contributed by atoms with E-state index in [1.54, 1.807) is 0 Å². The predicted octanol–water partition coefficient (Wildman–Crippen LogP) is 1.76. The third-order valence-electron chi connectivity index (χ3n) is 4.31. The smallest absolute Gasteiger partial charge is 0.343 e. The highest BCUT2D eigenvalue weighted by Crippen LogP contribution is 2.39. The summed E-state index contributed by atoms with van der Waals surface area (Å²) in [5, 5.41) is 76.4. The van der Waals surface area contributed by atoms with Crippen LogP contribution in [0.1, 0.15) is 31.1 Å². The molecular formula is C21H14O13. The molecule has 3 aromatic carbocycles. The second-order valence-corrected chi connectivity index (χ2v) is 6.63. The third-order valence-corrected chi connectivity index (χ3v) is 4.31. The summed E-state index contributed by atoms with van der Waals surface area (Å²) in [6, 6.07) is 4.20. The fourth-order valence-electron chi connectivity index (χ4n) is 2.64. The summed E-state index contributed by atoms with van der Waals surface area (Å²) in [4.78, 5) is 36.1. The Morgan fingerprint density at radius 3 is 1.50 bits per heavy atom. The largest absolute Gasteiger partial charge is 0.504 e. The Hall–Kier alpha value is -5.33. The molecule has 0 aromatic heterocycles. The summed E-state index contributed by atoms with van der Waals surface area (Å²) >= 11 is 0. The molecule has 0 radical (unpaired) electrons. The van der Waals surface area contributed by atoms with Crippen molar-refractivity contribution < 1.29 is 64.7 Å². The lowest BCUT2D eigenvalue weighted by molar-refractivity contribution is 0.0674. The number of esters is 2. The Kier molecular flexibility index (Phi) is 5.94. The van der Waals surface area contributed by atoms with E-state index in [-0.39, 0.29) is 0 Å². The lowest BCUT2D eigenvalue weighted by Gasteiger charge is -2.12. The van der Waals surface area contributed by atoms with Gasteiger partial charge >= 0.3 is 17.9 Å². The van der Waals surface area contributed by atoms with E-state index in [9.17, 15) is 55.2 Å². The van der Waals surface area contributed by atoms with E-state index >= 15 is 0 Å². The molecule has 0 unspecified atom stereocenters. The highest BCUT2D eigenvalue weighted by Gasteiger charge is 2.23. The Bertz CT molecular complexity index is 1320. The Morgan fingerprint density at radius 1 is 0.529 bits per heavy atom. The van der Waals surface area contributed by atoms with Crippen molar-refractivity contribution in [1.82, 2.24) is 0 Å². The Balaban J connectivity index is 1.93. The molecule has 13 heteroatoms. The summed E-state index contributed by atoms with van der Waals surface area (Å²) in [6.45, 7) is 0. The number of carbonyl (C=O) groups excluding carboxylic acids is 2. The lowest BCUT2D eigenvalue weighted by Crippen LogP contribution is -2.13. The van der Waals surface area contributed by atoms with Gasteiger partial charge in [0.2, 0.25) is 5.75 Å². The van der Waals surface area contributed by atoms with E-state index in [4.69, 9.17) is 9.47 Å². The van der Waals surface area contributed by atoms with Crippen molar-refractivity contribution >= 4 is 17.9 Å². The van der Waals surface area contributed by atoms with Gasteiger partial charge in [0, 0.05) is 12.1 Å². The first kappa shape index (κ1) is 23.3. The molecular weight excluding hydrogens is 460 g/mol. The number of hydrogen-bond acceptors (Lipinski definition) is 12. The molecule has 8 N–H and O–H groups in total. The van der Waals surface area contributed by atoms with Crippen molar-refractivity contribution in [3.63, 3.8) is 0 Å². The number of rotatable bonds is 5. The standard InChI is InChI=1S/C21H14O13/c22-10-5-9(19(29)30)15(6-11(10)23)33-21(32)8-3-14(26)18(28)16(4-8)34-20(31)7-1-12(24)17(27)13(25)2-7/h1-6,22-28H,(H,29,30). The molecule has 0 aliphatic heterocycles. The minimum Gasteiger partial charge on any atom is -0.504 e. The lowest BCUT2D eigenvalue weighted by atomic mass is 10.1. The Morgan fingerprint density at radius 2 is 0.971 bits per heavy atom. The second kappa shape index (κ2) is 8.66. The monoisotopic (exact) mass is 474 g/mol. The fourth-order valence-corrected chi connectivity index (χ4v) is 2.64. The minimum absolute atomic E-state index is 0.481. The van der Waals surface area contributed by atoms with Crippen molar-refractivity contribution in [2.75, 3.05) is 0 Å². The van der Waals surface area contributed by atoms with Gasteiger partial charge in [0.05, 0.1) is 11.1 Å². The van der Waals surface area contributed by atoms with Gasteiger partial charge < -0.3 is 50.3 Å². The molecule has 176 valence electrons. The van der Waals surface area contributed by atoms with Crippen LogP contribution < -0.4 is 9.47 Å². The molecule has 0 bridgehead atoms. The van der Waals surface area contributed by atoms with Crippen LogP contribution in [0, 0.1) is 0 Å². The number of aromatic carboxylic acids is 1. The van der Waals surface area contributed by atoms with Crippen LogP contribution in [0.15, 0.2) is 36.4 Å². The molecule has 13 nitrogen and oxygen atoms in total. The molecule has 0 aliphatic rings. The first-order valence-corrected chi connectivity index (χ1v) is 8.93. The average molecular weight is 474 g/mol. The van der Waals surface area contributed by atoms with Crippen LogP contribution in [-0.4, -0.2) is 58.8 Å². The van der Waals surface area contributed by atoms with E-state index in [1.165, 1.54) is 0 Å². The van der Waals surface area contributed by atoms with E-state index in [1.807, 2.05) is 0 Å². The molecule has 0 saturated carbocycles. The molecule has 0 amide bonds. The van der Waals surface area contributed by atoms with Crippen molar-refractivity contribution in [2.45, 2.75) is 0 Å². The molecule has 0 saturated heterocycles. The molecule has 3 rings (SSSR count). The molecule has 0 atom stereocenters. The van der Waals surface area contributed by atoms with E-state index in [0.717, 1.165) is 18.2 Å². The van der Waals surface area contributed by atoms with Crippen molar-refractivity contribution in [2.24, 2.45) is 0 Å². The van der Waals surface area contributed by atoms with Gasteiger partial charge in [-0.2, -0.15) is 0 Å². The van der Waals surface area contributed by atoms with E-state index in [0.29, 0.717) is 18.2 Å². The average Bonchev–Trinajstić information content (AvgIpc) is 2.76. The maximum absolute atomic E-state index is 12.5. The van der Waals surface area contributed by atoms with Crippen LogP contribution in [0.5, 0.6) is 51.7 Å². The second-order valence-electron chi connectivity index (χ2n) is 6.63. The normalized spacial score (nSPS) is 10.5. The van der Waals surface area contributed by atoms with Crippen molar-refractivity contribution in [3.05, 3.63) is 53.1 Å². The highest BCUT2D eigenvalue weighted by molar-refractivity contribution is 5.97. The number of carboxylic acids is 1. The summed E-state index contributed by atoms with van der Waals surface area (Å²) in [5.74, 6) is -11.8. The predicted molar refractivity (Wildman–Crippen MR) is 108 cm³/mol. The van der Waals surface area contributed by atoms with E-state index < -0.39 is 86.3 Å². The number of carbonyl (C=O) groups is 3. The number of benzene rings is 3. The molecule has 3 aromatic rings. The minimum atomic E-state index is -1.61.